The number of hydrogen-bond donors (Lipinski definition) is 0. The van der Waals surface area contributed by atoms with Crippen LogP contribution in [0.4, 0.5) is 0 Å². The van der Waals surface area contributed by atoms with Gasteiger partial charge >= 0.3 is 5.97 Å². The monoisotopic (exact) mass is 810 g/mol. The van der Waals surface area contributed by atoms with E-state index in [0.29, 0.717) is 24.1 Å². The van der Waals surface area contributed by atoms with Gasteiger partial charge in [-0.15, -0.1) is 0 Å². The Morgan fingerprint density at radius 2 is 1.04 bits per heavy atom. The fraction of sp³-hybridized carbons (Fsp3) is 0.809. The first-order chi connectivity index (χ1) is 27.1. The summed E-state index contributed by atoms with van der Waals surface area (Å²) in [4.78, 5) is 25.0. The van der Waals surface area contributed by atoms with Crippen LogP contribution in [-0.2, 0) is 27.9 Å². The molecule has 0 aromatic heterocycles. The van der Waals surface area contributed by atoms with E-state index in [1.54, 1.807) is 0 Å². The fourth-order valence-corrected chi connectivity index (χ4v) is 6.85. The number of ether oxygens (including phenoxy) is 2. The molecule has 8 nitrogen and oxygen atoms in total. The van der Waals surface area contributed by atoms with Gasteiger partial charge < -0.3 is 27.9 Å². The largest absolute Gasteiger partial charge is 0.756 e. The minimum absolute atomic E-state index is 0.0255. The van der Waals surface area contributed by atoms with Gasteiger partial charge in [0, 0.05) is 13.0 Å². The van der Waals surface area contributed by atoms with Crippen LogP contribution in [0.3, 0.4) is 0 Å². The second-order valence-electron chi connectivity index (χ2n) is 16.4. The molecule has 0 radical (unpaired) electrons. The van der Waals surface area contributed by atoms with E-state index >= 15 is 0 Å². The molecule has 0 spiro atoms. The van der Waals surface area contributed by atoms with Crippen LogP contribution in [0, 0.1) is 0 Å². The number of carbonyl (C=O) groups excluding carboxylic acids is 1. The molecular formula is C47H88NO7P. The molecule has 2 atom stereocenters. The van der Waals surface area contributed by atoms with Crippen LogP contribution in [-0.4, -0.2) is 70.7 Å². The first-order valence-electron chi connectivity index (χ1n) is 22.9. The van der Waals surface area contributed by atoms with Crippen molar-refractivity contribution in [2.24, 2.45) is 0 Å². The van der Waals surface area contributed by atoms with Crippen molar-refractivity contribution in [1.82, 2.24) is 0 Å². The standard InChI is InChI=1S/C47H88NO7P/c1-6-8-10-12-14-16-18-19-20-21-22-23-24-25-26-27-28-29-30-31-33-35-37-39-42-52-44-46(45-54-56(50,51)53-43-41-48(3,4)5)55-47(49)40-38-36-34-32-17-15-13-11-9-7-2/h8,10,14,16,19-20,22-23,46H,6-7,9,11-13,15,17-18,21,24-45H2,1-5H3/b10-8-,16-14-,20-19-,23-22-. The van der Waals surface area contributed by atoms with Crippen molar-refractivity contribution in [1.29, 1.82) is 0 Å². The lowest BCUT2D eigenvalue weighted by Gasteiger charge is -2.28. The number of carbonyl (C=O) groups is 1. The van der Waals surface area contributed by atoms with Gasteiger partial charge in [0.05, 0.1) is 34.4 Å². The second-order valence-corrected chi connectivity index (χ2v) is 17.8. The lowest BCUT2D eigenvalue weighted by Crippen LogP contribution is -2.37. The predicted octanol–water partition coefficient (Wildman–Crippen LogP) is 12.9. The summed E-state index contributed by atoms with van der Waals surface area (Å²) >= 11 is 0. The molecule has 0 aromatic carbocycles. The Balaban J connectivity index is 4.08. The highest BCUT2D eigenvalue weighted by atomic mass is 31.2. The Morgan fingerprint density at radius 3 is 1.55 bits per heavy atom. The SMILES string of the molecule is CC/C=C\C/C=C\C/C=C\C/C=C\CCCCCCCCCCCCCOCC(COP(=O)([O-])OCC[N+](C)(C)C)OC(=O)CCCCCCCCCCCC. The van der Waals surface area contributed by atoms with Crippen LogP contribution in [0.15, 0.2) is 48.6 Å². The Morgan fingerprint density at radius 1 is 0.571 bits per heavy atom. The molecule has 0 heterocycles. The van der Waals surface area contributed by atoms with Crippen molar-refractivity contribution in [2.45, 2.75) is 193 Å². The zero-order chi connectivity index (χ0) is 41.3. The molecule has 9 heteroatoms. The molecule has 328 valence electrons. The first kappa shape index (κ1) is 54.5. The van der Waals surface area contributed by atoms with Gasteiger partial charge in [0.25, 0.3) is 7.82 Å². The first-order valence-corrected chi connectivity index (χ1v) is 24.3. The van der Waals surface area contributed by atoms with E-state index in [4.69, 9.17) is 18.5 Å². The van der Waals surface area contributed by atoms with Crippen LogP contribution >= 0.6 is 7.82 Å². The van der Waals surface area contributed by atoms with E-state index in [1.165, 1.54) is 109 Å². The summed E-state index contributed by atoms with van der Waals surface area (Å²) in [5, 5.41) is 0. The van der Waals surface area contributed by atoms with Gasteiger partial charge in [-0.1, -0.05) is 178 Å². The average Bonchev–Trinajstić information content (AvgIpc) is 3.15. The van der Waals surface area contributed by atoms with E-state index in [0.717, 1.165) is 57.8 Å². The highest BCUT2D eigenvalue weighted by molar-refractivity contribution is 7.45. The number of unbranched alkanes of at least 4 members (excludes halogenated alkanes) is 20. The Labute approximate surface area is 346 Å². The minimum Gasteiger partial charge on any atom is -0.756 e. The average molecular weight is 810 g/mol. The van der Waals surface area contributed by atoms with Crippen molar-refractivity contribution >= 4 is 13.8 Å². The van der Waals surface area contributed by atoms with E-state index < -0.39 is 13.9 Å². The quantitative estimate of drug-likeness (QED) is 0.0199. The second kappa shape index (κ2) is 40.2. The topological polar surface area (TPSA) is 94.1 Å². The number of likely N-dealkylation sites (N-methyl/N-ethyl adjacent to an activating group) is 1. The van der Waals surface area contributed by atoms with Crippen molar-refractivity contribution in [3.8, 4) is 0 Å². The number of rotatable bonds is 42. The third kappa shape index (κ3) is 43.6. The Kier molecular flexibility index (Phi) is 39.1. The molecule has 0 bridgehead atoms. The third-order valence-electron chi connectivity index (χ3n) is 9.64. The highest BCUT2D eigenvalue weighted by Gasteiger charge is 2.20. The van der Waals surface area contributed by atoms with Gasteiger partial charge in [0.1, 0.15) is 19.3 Å². The van der Waals surface area contributed by atoms with Crippen LogP contribution < -0.4 is 4.89 Å². The van der Waals surface area contributed by atoms with E-state index in [1.807, 2.05) is 21.1 Å². The van der Waals surface area contributed by atoms with Crippen LogP contribution in [0.1, 0.15) is 187 Å². The van der Waals surface area contributed by atoms with Crippen LogP contribution in [0.2, 0.25) is 0 Å². The van der Waals surface area contributed by atoms with E-state index in [2.05, 4.69) is 62.5 Å². The molecule has 0 aliphatic heterocycles. The van der Waals surface area contributed by atoms with Crippen LogP contribution in [0.5, 0.6) is 0 Å². The van der Waals surface area contributed by atoms with Crippen molar-refractivity contribution in [3.05, 3.63) is 48.6 Å². The number of phosphoric acid groups is 1. The number of quaternary nitrogens is 1. The molecule has 0 aromatic rings. The number of esters is 1. The van der Waals surface area contributed by atoms with Crippen LogP contribution in [0.25, 0.3) is 0 Å². The zero-order valence-electron chi connectivity index (χ0n) is 37.1. The summed E-state index contributed by atoms with van der Waals surface area (Å²) in [7, 11) is 1.35. The molecule has 0 saturated carbocycles. The summed E-state index contributed by atoms with van der Waals surface area (Å²) in [6.07, 6.45) is 48.5. The molecule has 0 N–H and O–H groups in total. The smallest absolute Gasteiger partial charge is 0.306 e. The number of hydrogen-bond acceptors (Lipinski definition) is 7. The third-order valence-corrected chi connectivity index (χ3v) is 10.6. The summed E-state index contributed by atoms with van der Waals surface area (Å²) in [5.41, 5.74) is 0. The van der Waals surface area contributed by atoms with Crippen molar-refractivity contribution < 1.29 is 37.3 Å². The maximum Gasteiger partial charge on any atom is 0.306 e. The Bertz CT molecular complexity index is 1040. The summed E-state index contributed by atoms with van der Waals surface area (Å²) in [6, 6.07) is 0. The molecule has 2 unspecified atom stereocenters. The van der Waals surface area contributed by atoms with E-state index in [-0.39, 0.29) is 25.8 Å². The maximum atomic E-state index is 12.6. The summed E-state index contributed by atoms with van der Waals surface area (Å²) in [6.45, 7) is 5.29. The zero-order valence-corrected chi connectivity index (χ0v) is 38.0. The van der Waals surface area contributed by atoms with Gasteiger partial charge in [-0.3, -0.25) is 9.36 Å². The summed E-state index contributed by atoms with van der Waals surface area (Å²) in [5.74, 6) is -0.338. The molecular weight excluding hydrogens is 721 g/mol. The van der Waals surface area contributed by atoms with Gasteiger partial charge in [0.15, 0.2) is 0 Å². The van der Waals surface area contributed by atoms with Crippen molar-refractivity contribution in [3.63, 3.8) is 0 Å². The number of nitrogens with zero attached hydrogens (tertiary/aromatic N) is 1. The highest BCUT2D eigenvalue weighted by Crippen LogP contribution is 2.38. The normalized spacial score (nSPS) is 14.2. The molecule has 0 aliphatic carbocycles. The van der Waals surface area contributed by atoms with Crippen molar-refractivity contribution in [2.75, 3.05) is 54.1 Å². The molecule has 0 fully saturated rings. The van der Waals surface area contributed by atoms with Gasteiger partial charge in [0.2, 0.25) is 0 Å². The number of phosphoric ester groups is 1. The predicted molar refractivity (Wildman–Crippen MR) is 236 cm³/mol. The maximum absolute atomic E-state index is 12.6. The van der Waals surface area contributed by atoms with Gasteiger partial charge in [-0.2, -0.15) is 0 Å². The molecule has 0 rings (SSSR count). The summed E-state index contributed by atoms with van der Waals surface area (Å²) < 4.78 is 34.6. The van der Waals surface area contributed by atoms with Gasteiger partial charge in [-0.05, 0) is 51.4 Å². The minimum atomic E-state index is -4.52. The lowest BCUT2D eigenvalue weighted by molar-refractivity contribution is -0.870. The fourth-order valence-electron chi connectivity index (χ4n) is 6.13. The molecule has 0 aliphatic rings. The molecule has 0 amide bonds. The Hall–Kier alpha value is -1.54. The molecule has 56 heavy (non-hydrogen) atoms. The number of allylic oxidation sites excluding steroid dienone is 8. The lowest BCUT2D eigenvalue weighted by atomic mass is 10.1. The molecule has 0 saturated heterocycles. The van der Waals surface area contributed by atoms with Gasteiger partial charge in [-0.25, -0.2) is 0 Å². The van der Waals surface area contributed by atoms with E-state index in [9.17, 15) is 14.3 Å².